The number of benzene rings is 3. The molecule has 0 heterocycles. The van der Waals surface area contributed by atoms with E-state index in [1.165, 1.54) is 4.90 Å². The van der Waals surface area contributed by atoms with E-state index in [0.29, 0.717) is 15.7 Å². The molecule has 1 fully saturated rings. The van der Waals surface area contributed by atoms with Crippen molar-refractivity contribution in [2.24, 2.45) is 0 Å². The van der Waals surface area contributed by atoms with Gasteiger partial charge in [-0.3, -0.25) is 13.9 Å². The largest absolute Gasteiger partial charge is 0.352 e. The first-order chi connectivity index (χ1) is 19.1. The minimum atomic E-state index is -3.84. The molecule has 10 heteroatoms. The summed E-state index contributed by atoms with van der Waals surface area (Å²) >= 11 is 12.1. The number of hydrogen-bond acceptors (Lipinski definition) is 4. The molecular formula is C30H33Cl2N3O4S. The quantitative estimate of drug-likeness (QED) is 0.316. The average molecular weight is 603 g/mol. The van der Waals surface area contributed by atoms with Crippen molar-refractivity contribution in [3.63, 3.8) is 0 Å². The van der Waals surface area contributed by atoms with Gasteiger partial charge in [0.1, 0.15) is 12.6 Å². The Morgan fingerprint density at radius 2 is 1.45 bits per heavy atom. The van der Waals surface area contributed by atoms with Crippen molar-refractivity contribution >= 4 is 50.7 Å². The Kier molecular flexibility index (Phi) is 10.1. The van der Waals surface area contributed by atoms with E-state index < -0.39 is 28.5 Å². The van der Waals surface area contributed by atoms with Gasteiger partial charge in [-0.2, -0.15) is 0 Å². The number of hydrogen-bond donors (Lipinski definition) is 1. The second-order valence-corrected chi connectivity index (χ2v) is 12.9. The van der Waals surface area contributed by atoms with Crippen LogP contribution in [0.3, 0.4) is 0 Å². The third-order valence-electron chi connectivity index (χ3n) is 7.03. The molecule has 0 spiro atoms. The standard InChI is InChI=1S/C30H33Cl2N3O4S/c1-40(38,39)35(27-17-15-25(32)16-18-27)21-29(36)34(20-23-11-13-24(31)14-12-23)28(19-22-7-3-2-4-8-22)30(37)33-26-9-5-6-10-26/h2-4,7-8,11-18,26,28H,5-6,9-10,19-21H2,1H3,(H,33,37). The SMILES string of the molecule is CS(=O)(=O)N(CC(=O)N(Cc1ccc(Cl)cc1)C(Cc1ccccc1)C(=O)NC1CCCC1)c1ccc(Cl)cc1. The number of amides is 2. The van der Waals surface area contributed by atoms with Gasteiger partial charge in [-0.1, -0.05) is 78.5 Å². The van der Waals surface area contributed by atoms with Crippen molar-refractivity contribution in [3.05, 3.63) is 100 Å². The monoisotopic (exact) mass is 601 g/mol. The number of nitrogens with one attached hydrogen (secondary N) is 1. The summed E-state index contributed by atoms with van der Waals surface area (Å²) in [6, 6.07) is 22.0. The highest BCUT2D eigenvalue weighted by Gasteiger charge is 2.34. The summed E-state index contributed by atoms with van der Waals surface area (Å²) in [5, 5.41) is 4.14. The third-order valence-corrected chi connectivity index (χ3v) is 8.68. The van der Waals surface area contributed by atoms with Crippen LogP contribution in [0, 0.1) is 0 Å². The van der Waals surface area contributed by atoms with E-state index in [1.54, 1.807) is 48.5 Å². The first-order valence-corrected chi connectivity index (χ1v) is 15.8. The van der Waals surface area contributed by atoms with Crippen LogP contribution in [0.5, 0.6) is 0 Å². The van der Waals surface area contributed by atoms with E-state index in [2.05, 4.69) is 5.32 Å². The third kappa shape index (κ3) is 8.22. The van der Waals surface area contributed by atoms with Crippen molar-refractivity contribution < 1.29 is 18.0 Å². The van der Waals surface area contributed by atoms with Crippen LogP contribution in [-0.2, 0) is 32.6 Å². The molecule has 0 radical (unpaired) electrons. The lowest BCUT2D eigenvalue weighted by Crippen LogP contribution is -2.54. The number of carbonyl (C=O) groups is 2. The van der Waals surface area contributed by atoms with E-state index in [9.17, 15) is 18.0 Å². The molecule has 212 valence electrons. The van der Waals surface area contributed by atoms with Gasteiger partial charge in [-0.25, -0.2) is 8.42 Å². The molecule has 2 amide bonds. The summed E-state index contributed by atoms with van der Waals surface area (Å²) in [7, 11) is -3.84. The average Bonchev–Trinajstić information content (AvgIpc) is 3.44. The Morgan fingerprint density at radius 3 is 2.02 bits per heavy atom. The molecule has 3 aromatic carbocycles. The summed E-state index contributed by atoms with van der Waals surface area (Å²) < 4.78 is 26.7. The van der Waals surface area contributed by atoms with Crippen molar-refractivity contribution in [1.82, 2.24) is 10.2 Å². The number of halogens is 2. The Hall–Kier alpha value is -3.07. The lowest BCUT2D eigenvalue weighted by Gasteiger charge is -2.34. The van der Waals surface area contributed by atoms with Crippen LogP contribution >= 0.6 is 23.2 Å². The van der Waals surface area contributed by atoms with E-state index in [4.69, 9.17) is 23.2 Å². The lowest BCUT2D eigenvalue weighted by molar-refractivity contribution is -0.140. The summed E-state index contributed by atoms with van der Waals surface area (Å²) in [6.45, 7) is -0.375. The molecule has 3 aromatic rings. The Labute approximate surface area is 246 Å². The fourth-order valence-corrected chi connectivity index (χ4v) is 6.03. The number of carbonyl (C=O) groups excluding carboxylic acids is 2. The van der Waals surface area contributed by atoms with Crippen LogP contribution in [0.2, 0.25) is 10.0 Å². The molecular weight excluding hydrogens is 569 g/mol. The Morgan fingerprint density at radius 1 is 0.875 bits per heavy atom. The zero-order valence-electron chi connectivity index (χ0n) is 22.3. The number of rotatable bonds is 11. The molecule has 1 unspecified atom stereocenters. The molecule has 4 rings (SSSR count). The molecule has 40 heavy (non-hydrogen) atoms. The van der Waals surface area contributed by atoms with Crippen LogP contribution in [0.25, 0.3) is 0 Å². The molecule has 7 nitrogen and oxygen atoms in total. The fraction of sp³-hybridized carbons (Fsp3) is 0.333. The van der Waals surface area contributed by atoms with E-state index in [1.807, 2.05) is 30.3 Å². The molecule has 1 atom stereocenters. The second-order valence-electron chi connectivity index (χ2n) is 10.1. The van der Waals surface area contributed by atoms with Crippen LogP contribution in [0.1, 0.15) is 36.8 Å². The van der Waals surface area contributed by atoms with Gasteiger partial charge >= 0.3 is 0 Å². The highest BCUT2D eigenvalue weighted by molar-refractivity contribution is 7.92. The van der Waals surface area contributed by atoms with Gasteiger partial charge < -0.3 is 10.2 Å². The van der Waals surface area contributed by atoms with Crippen LogP contribution in [-0.4, -0.2) is 50.0 Å². The van der Waals surface area contributed by atoms with Crippen molar-refractivity contribution in [2.75, 3.05) is 17.1 Å². The second kappa shape index (κ2) is 13.5. The highest BCUT2D eigenvalue weighted by Crippen LogP contribution is 2.23. The maximum Gasteiger partial charge on any atom is 0.244 e. The number of nitrogens with zero attached hydrogens (tertiary/aromatic N) is 2. The summed E-state index contributed by atoms with van der Waals surface area (Å²) in [4.78, 5) is 29.4. The molecule has 1 saturated carbocycles. The Bertz CT molecular complexity index is 1400. The van der Waals surface area contributed by atoms with Gasteiger partial charge in [0, 0.05) is 29.1 Å². The van der Waals surface area contributed by atoms with Crippen LogP contribution in [0.15, 0.2) is 78.9 Å². The first kappa shape index (κ1) is 29.9. The van der Waals surface area contributed by atoms with Gasteiger partial charge in [0.25, 0.3) is 0 Å². The minimum Gasteiger partial charge on any atom is -0.352 e. The minimum absolute atomic E-state index is 0.0554. The van der Waals surface area contributed by atoms with Crippen LogP contribution < -0.4 is 9.62 Å². The predicted octanol–water partition coefficient (Wildman–Crippen LogP) is 5.46. The molecule has 0 aliphatic heterocycles. The lowest BCUT2D eigenvalue weighted by atomic mass is 10.0. The highest BCUT2D eigenvalue weighted by atomic mass is 35.5. The molecule has 0 saturated heterocycles. The molecule has 1 aliphatic carbocycles. The van der Waals surface area contributed by atoms with Crippen molar-refractivity contribution in [1.29, 1.82) is 0 Å². The fourth-order valence-electron chi connectivity index (χ4n) is 4.93. The van der Waals surface area contributed by atoms with Gasteiger partial charge in [-0.15, -0.1) is 0 Å². The van der Waals surface area contributed by atoms with Crippen molar-refractivity contribution in [2.45, 2.75) is 50.7 Å². The summed E-state index contributed by atoms with van der Waals surface area (Å²) in [5.41, 5.74) is 1.96. The number of anilines is 1. The normalized spacial score (nSPS) is 14.5. The van der Waals surface area contributed by atoms with E-state index in [-0.39, 0.29) is 24.9 Å². The van der Waals surface area contributed by atoms with Gasteiger partial charge in [0.05, 0.1) is 11.9 Å². The van der Waals surface area contributed by atoms with Gasteiger partial charge in [-0.05, 0) is 60.4 Å². The van der Waals surface area contributed by atoms with Gasteiger partial charge in [0.15, 0.2) is 0 Å². The van der Waals surface area contributed by atoms with Crippen LogP contribution in [0.4, 0.5) is 5.69 Å². The zero-order chi connectivity index (χ0) is 28.7. The topological polar surface area (TPSA) is 86.8 Å². The molecule has 1 N–H and O–H groups in total. The van der Waals surface area contributed by atoms with Gasteiger partial charge in [0.2, 0.25) is 21.8 Å². The first-order valence-electron chi connectivity index (χ1n) is 13.2. The van der Waals surface area contributed by atoms with E-state index >= 15 is 0 Å². The van der Waals surface area contributed by atoms with Crippen molar-refractivity contribution in [3.8, 4) is 0 Å². The Balaban J connectivity index is 1.71. The molecule has 0 bridgehead atoms. The van der Waals surface area contributed by atoms with E-state index in [0.717, 1.165) is 47.4 Å². The smallest absolute Gasteiger partial charge is 0.244 e. The molecule has 0 aromatic heterocycles. The number of sulfonamides is 1. The maximum absolute atomic E-state index is 14.1. The predicted molar refractivity (Wildman–Crippen MR) is 160 cm³/mol. The zero-order valence-corrected chi connectivity index (χ0v) is 24.6. The maximum atomic E-state index is 14.1. The summed E-state index contributed by atoms with van der Waals surface area (Å²) in [6.07, 6.45) is 5.21. The summed E-state index contributed by atoms with van der Waals surface area (Å²) in [5.74, 6) is -0.756. The molecule has 1 aliphatic rings.